The van der Waals surface area contributed by atoms with E-state index in [2.05, 4.69) is 24.0 Å². The van der Waals surface area contributed by atoms with Crippen LogP contribution in [-0.4, -0.2) is 23.9 Å². The fraction of sp³-hybridized carbons (Fsp3) is 0.571. The van der Waals surface area contributed by atoms with Gasteiger partial charge in [0.1, 0.15) is 11.5 Å². The molecule has 0 radical (unpaired) electrons. The summed E-state index contributed by atoms with van der Waals surface area (Å²) < 4.78 is 10.9. The second-order valence-corrected chi connectivity index (χ2v) is 6.90. The van der Waals surface area contributed by atoms with Gasteiger partial charge in [0.05, 0.1) is 24.4 Å². The van der Waals surface area contributed by atoms with Crippen molar-refractivity contribution in [3.63, 3.8) is 0 Å². The van der Waals surface area contributed by atoms with Crippen molar-refractivity contribution in [2.24, 2.45) is 0 Å². The Balaban J connectivity index is 1.59. The van der Waals surface area contributed by atoms with Crippen LogP contribution in [-0.2, 0) is 19.3 Å². The maximum Gasteiger partial charge on any atom is 0.138 e. The number of benzene rings is 1. The molecular weight excluding hydrogens is 348 g/mol. The molecule has 0 atom stereocenters. The van der Waals surface area contributed by atoms with Crippen LogP contribution in [0.4, 0.5) is 0 Å². The summed E-state index contributed by atoms with van der Waals surface area (Å²) >= 11 is 6.18. The molecule has 5 heteroatoms. The topological polar surface area (TPSA) is 47.1 Å². The molecule has 4 nitrogen and oxygen atoms in total. The lowest BCUT2D eigenvalue weighted by Gasteiger charge is -2.09. The Morgan fingerprint density at radius 2 is 1.81 bits per heavy atom. The van der Waals surface area contributed by atoms with Crippen LogP contribution in [0.2, 0.25) is 5.02 Å². The molecule has 1 aromatic heterocycles. The summed E-state index contributed by atoms with van der Waals surface area (Å²) in [6.45, 7) is 5.06. The summed E-state index contributed by atoms with van der Waals surface area (Å²) in [5.74, 6) is 1.48. The predicted molar refractivity (Wildman–Crippen MR) is 108 cm³/mol. The molecule has 2 aromatic rings. The summed E-state index contributed by atoms with van der Waals surface area (Å²) in [6, 6.07) is 5.51. The molecule has 0 aliphatic carbocycles. The van der Waals surface area contributed by atoms with Gasteiger partial charge in [0.15, 0.2) is 0 Å². The minimum Gasteiger partial charge on any atom is -0.497 e. The molecule has 0 saturated heterocycles. The Kier molecular flexibility index (Phi) is 8.82. The van der Waals surface area contributed by atoms with Crippen molar-refractivity contribution >= 4 is 11.6 Å². The van der Waals surface area contributed by atoms with Crippen LogP contribution in [0.15, 0.2) is 18.2 Å². The van der Waals surface area contributed by atoms with Gasteiger partial charge in [-0.05, 0) is 49.8 Å². The van der Waals surface area contributed by atoms with Crippen molar-refractivity contribution in [2.75, 3.05) is 13.7 Å². The summed E-state index contributed by atoms with van der Waals surface area (Å²) in [7, 11) is 1.63. The molecule has 0 bridgehead atoms. The summed E-state index contributed by atoms with van der Waals surface area (Å²) in [5.41, 5.74) is 4.01. The Morgan fingerprint density at radius 1 is 1.04 bits per heavy atom. The van der Waals surface area contributed by atoms with E-state index in [-0.39, 0.29) is 0 Å². The van der Waals surface area contributed by atoms with E-state index in [0.29, 0.717) is 11.6 Å². The molecule has 0 aliphatic rings. The molecule has 0 aliphatic heterocycles. The van der Waals surface area contributed by atoms with Gasteiger partial charge in [-0.15, -0.1) is 0 Å². The number of ether oxygens (including phenoxy) is 2. The molecule has 0 saturated carbocycles. The van der Waals surface area contributed by atoms with Crippen molar-refractivity contribution in [3.8, 4) is 11.5 Å². The highest BCUT2D eigenvalue weighted by Gasteiger charge is 2.09. The highest BCUT2D eigenvalue weighted by molar-refractivity contribution is 6.32. The number of hydrogen-bond donors (Lipinski definition) is 1. The van der Waals surface area contributed by atoms with Gasteiger partial charge in [-0.25, -0.2) is 0 Å². The van der Waals surface area contributed by atoms with E-state index in [9.17, 15) is 0 Å². The lowest BCUT2D eigenvalue weighted by atomic mass is 10.0. The summed E-state index contributed by atoms with van der Waals surface area (Å²) in [6.07, 6.45) is 9.13. The second kappa shape index (κ2) is 11.1. The average Bonchev–Trinajstić information content (AvgIpc) is 3.06. The Hall–Kier alpha value is -1.68. The standard InChI is InChI=1S/C21H31ClN2O2/c1-4-19-17(20(5-2)24-23-19)11-9-7-6-8-10-14-26-21-13-12-16(25-3)15-18(21)22/h12-13,15H,4-11,14H2,1-3H3,(H,23,24). The average molecular weight is 379 g/mol. The SMILES string of the molecule is CCc1n[nH]c(CC)c1CCCCCCCOc1ccc(OC)cc1Cl. The van der Waals surface area contributed by atoms with Gasteiger partial charge in [-0.3, -0.25) is 5.10 Å². The summed E-state index contributed by atoms with van der Waals surface area (Å²) in [5, 5.41) is 8.22. The van der Waals surface area contributed by atoms with Crippen LogP contribution in [0.3, 0.4) is 0 Å². The number of halogens is 1. The van der Waals surface area contributed by atoms with Gasteiger partial charge in [0.2, 0.25) is 0 Å². The lowest BCUT2D eigenvalue weighted by Crippen LogP contribution is -1.98. The van der Waals surface area contributed by atoms with Crippen LogP contribution < -0.4 is 9.47 Å². The third-order valence-corrected chi connectivity index (χ3v) is 4.99. The van der Waals surface area contributed by atoms with Gasteiger partial charge in [0.25, 0.3) is 0 Å². The highest BCUT2D eigenvalue weighted by Crippen LogP contribution is 2.28. The summed E-state index contributed by atoms with van der Waals surface area (Å²) in [4.78, 5) is 0. The molecule has 0 unspecified atom stereocenters. The number of methoxy groups -OCH3 is 1. The molecule has 144 valence electrons. The Bertz CT molecular complexity index is 649. The first kappa shape index (κ1) is 20.6. The van der Waals surface area contributed by atoms with Gasteiger partial charge in [-0.2, -0.15) is 5.10 Å². The molecule has 0 spiro atoms. The number of nitrogens with zero attached hydrogens (tertiary/aromatic N) is 1. The van der Waals surface area contributed by atoms with Crippen LogP contribution in [0.1, 0.15) is 62.9 Å². The zero-order valence-corrected chi connectivity index (χ0v) is 17.0. The number of aromatic amines is 1. The molecule has 0 fully saturated rings. The van der Waals surface area contributed by atoms with E-state index < -0.39 is 0 Å². The maximum absolute atomic E-state index is 6.18. The number of unbranched alkanes of at least 4 members (excludes halogenated alkanes) is 4. The Morgan fingerprint density at radius 3 is 2.50 bits per heavy atom. The van der Waals surface area contributed by atoms with Crippen LogP contribution in [0, 0.1) is 0 Å². The number of rotatable bonds is 12. The minimum atomic E-state index is 0.600. The molecule has 26 heavy (non-hydrogen) atoms. The van der Waals surface area contributed by atoms with Gasteiger partial charge in [0, 0.05) is 11.8 Å². The molecule has 1 N–H and O–H groups in total. The predicted octanol–water partition coefficient (Wildman–Crippen LogP) is 5.77. The van der Waals surface area contributed by atoms with Crippen LogP contribution >= 0.6 is 11.6 Å². The fourth-order valence-corrected chi connectivity index (χ4v) is 3.39. The molecule has 1 aromatic carbocycles. The third kappa shape index (κ3) is 5.94. The number of H-pyrrole nitrogens is 1. The first-order chi connectivity index (χ1) is 12.7. The van der Waals surface area contributed by atoms with E-state index in [1.807, 2.05) is 12.1 Å². The molecule has 0 amide bonds. The zero-order chi connectivity index (χ0) is 18.8. The third-order valence-electron chi connectivity index (χ3n) is 4.69. The normalized spacial score (nSPS) is 10.9. The minimum absolute atomic E-state index is 0.600. The number of hydrogen-bond acceptors (Lipinski definition) is 3. The molecule has 1 heterocycles. The first-order valence-electron chi connectivity index (χ1n) is 9.70. The zero-order valence-electron chi connectivity index (χ0n) is 16.2. The van der Waals surface area contributed by atoms with Crippen LogP contribution in [0.5, 0.6) is 11.5 Å². The van der Waals surface area contributed by atoms with E-state index >= 15 is 0 Å². The van der Waals surface area contributed by atoms with Crippen molar-refractivity contribution in [1.29, 1.82) is 0 Å². The number of nitrogens with one attached hydrogen (secondary N) is 1. The van der Waals surface area contributed by atoms with E-state index in [1.54, 1.807) is 13.2 Å². The van der Waals surface area contributed by atoms with Crippen molar-refractivity contribution in [1.82, 2.24) is 10.2 Å². The number of aryl methyl sites for hydroxylation is 2. The molecular formula is C21H31ClN2O2. The van der Waals surface area contributed by atoms with Crippen molar-refractivity contribution in [2.45, 2.75) is 65.2 Å². The highest BCUT2D eigenvalue weighted by atomic mass is 35.5. The van der Waals surface area contributed by atoms with Gasteiger partial charge < -0.3 is 9.47 Å². The van der Waals surface area contributed by atoms with Crippen molar-refractivity contribution < 1.29 is 9.47 Å². The van der Waals surface area contributed by atoms with Crippen molar-refractivity contribution in [3.05, 3.63) is 40.2 Å². The largest absolute Gasteiger partial charge is 0.497 e. The van der Waals surface area contributed by atoms with E-state index in [0.717, 1.165) is 37.2 Å². The lowest BCUT2D eigenvalue weighted by molar-refractivity contribution is 0.304. The maximum atomic E-state index is 6.18. The monoisotopic (exact) mass is 378 g/mol. The Labute approximate surface area is 162 Å². The van der Waals surface area contributed by atoms with Gasteiger partial charge >= 0.3 is 0 Å². The molecule has 2 rings (SSSR count). The van der Waals surface area contributed by atoms with Crippen LogP contribution in [0.25, 0.3) is 0 Å². The fourth-order valence-electron chi connectivity index (χ4n) is 3.17. The second-order valence-electron chi connectivity index (χ2n) is 6.50. The van der Waals surface area contributed by atoms with E-state index in [1.165, 1.54) is 42.6 Å². The first-order valence-corrected chi connectivity index (χ1v) is 10.1. The quantitative estimate of drug-likeness (QED) is 0.477. The van der Waals surface area contributed by atoms with Gasteiger partial charge in [-0.1, -0.05) is 44.7 Å². The number of aromatic nitrogens is 2. The van der Waals surface area contributed by atoms with E-state index in [4.69, 9.17) is 21.1 Å². The smallest absolute Gasteiger partial charge is 0.138 e.